The Morgan fingerprint density at radius 3 is 0.790 bits per heavy atom. The Labute approximate surface area is 387 Å². The second-order valence-electron chi connectivity index (χ2n) is 20.2. The summed E-state index contributed by atoms with van der Waals surface area (Å²) in [6, 6.07) is 0. The third kappa shape index (κ3) is 49.4. The van der Waals surface area contributed by atoms with Crippen molar-refractivity contribution in [1.29, 1.82) is 0 Å². The lowest BCUT2D eigenvalue weighted by atomic mass is 10.0. The van der Waals surface area contributed by atoms with Crippen molar-refractivity contribution in [1.82, 2.24) is 0 Å². The van der Waals surface area contributed by atoms with Crippen molar-refractivity contribution in [3.8, 4) is 0 Å². The Balaban J connectivity index is 4.23. The van der Waals surface area contributed by atoms with Gasteiger partial charge in [-0.15, -0.1) is 0 Å². The lowest BCUT2D eigenvalue weighted by Gasteiger charge is -2.18. The standard InChI is InChI=1S/C56H108O6/c1-6-7-8-9-10-11-12-13-14-15-16-17-20-23-26-31-36-41-46-54(57)60-49-53(62-56(59)48-43-38-33-28-30-35-40-45-52(4)5)50-61-55(58)47-42-37-32-27-24-21-18-19-22-25-29-34-39-44-51(2)3/h51-53H,6-50H2,1-5H3/t53-/m1/s1. The van der Waals surface area contributed by atoms with E-state index in [1.807, 2.05) is 0 Å². The molecule has 0 unspecified atom stereocenters. The van der Waals surface area contributed by atoms with Gasteiger partial charge in [-0.25, -0.2) is 0 Å². The van der Waals surface area contributed by atoms with Gasteiger partial charge in [-0.3, -0.25) is 14.4 Å². The van der Waals surface area contributed by atoms with E-state index in [1.165, 1.54) is 199 Å². The van der Waals surface area contributed by atoms with E-state index in [2.05, 4.69) is 34.6 Å². The van der Waals surface area contributed by atoms with Crippen LogP contribution in [-0.4, -0.2) is 37.2 Å². The van der Waals surface area contributed by atoms with Crippen LogP contribution in [0, 0.1) is 11.8 Å². The number of carbonyl (C=O) groups is 3. The van der Waals surface area contributed by atoms with Crippen molar-refractivity contribution in [2.24, 2.45) is 11.8 Å². The molecule has 0 aliphatic carbocycles. The van der Waals surface area contributed by atoms with Crippen LogP contribution in [0.25, 0.3) is 0 Å². The summed E-state index contributed by atoms with van der Waals surface area (Å²) < 4.78 is 16.8. The quantitative estimate of drug-likeness (QED) is 0.0344. The first-order valence-electron chi connectivity index (χ1n) is 27.7. The summed E-state index contributed by atoms with van der Waals surface area (Å²) >= 11 is 0. The molecule has 0 N–H and O–H groups in total. The Morgan fingerprint density at radius 1 is 0.306 bits per heavy atom. The number of rotatable bonds is 50. The number of esters is 3. The molecule has 0 aromatic carbocycles. The molecule has 0 aliphatic rings. The van der Waals surface area contributed by atoms with Crippen molar-refractivity contribution >= 4 is 17.9 Å². The van der Waals surface area contributed by atoms with Crippen LogP contribution in [0.15, 0.2) is 0 Å². The van der Waals surface area contributed by atoms with Crippen LogP contribution in [-0.2, 0) is 28.6 Å². The molecule has 0 amide bonds. The highest BCUT2D eigenvalue weighted by molar-refractivity contribution is 5.71. The minimum atomic E-state index is -0.762. The molecule has 0 saturated carbocycles. The molecule has 368 valence electrons. The largest absolute Gasteiger partial charge is 0.462 e. The van der Waals surface area contributed by atoms with Gasteiger partial charge in [-0.1, -0.05) is 272 Å². The van der Waals surface area contributed by atoms with Crippen LogP contribution >= 0.6 is 0 Å². The number of hydrogen-bond donors (Lipinski definition) is 0. The molecule has 0 aromatic rings. The zero-order valence-corrected chi connectivity index (χ0v) is 42.5. The molecule has 6 nitrogen and oxygen atoms in total. The molecule has 0 fully saturated rings. The monoisotopic (exact) mass is 877 g/mol. The molecule has 0 spiro atoms. The van der Waals surface area contributed by atoms with Gasteiger partial charge in [-0.2, -0.15) is 0 Å². The van der Waals surface area contributed by atoms with Gasteiger partial charge < -0.3 is 14.2 Å². The smallest absolute Gasteiger partial charge is 0.306 e. The molecule has 0 heterocycles. The number of hydrogen-bond acceptors (Lipinski definition) is 6. The molecule has 1 atom stereocenters. The molecule has 0 aromatic heterocycles. The molecule has 62 heavy (non-hydrogen) atoms. The van der Waals surface area contributed by atoms with Gasteiger partial charge in [-0.05, 0) is 31.1 Å². The lowest BCUT2D eigenvalue weighted by molar-refractivity contribution is -0.167. The van der Waals surface area contributed by atoms with Crippen molar-refractivity contribution in [3.05, 3.63) is 0 Å². The first kappa shape index (κ1) is 60.4. The fraction of sp³-hybridized carbons (Fsp3) is 0.946. The van der Waals surface area contributed by atoms with E-state index in [0.717, 1.165) is 69.6 Å². The van der Waals surface area contributed by atoms with Crippen molar-refractivity contribution in [3.63, 3.8) is 0 Å². The predicted octanol–water partition coefficient (Wildman–Crippen LogP) is 18.1. The number of unbranched alkanes of at least 4 members (excludes halogenated alkanes) is 35. The summed E-state index contributed by atoms with van der Waals surface area (Å²) in [5, 5.41) is 0. The van der Waals surface area contributed by atoms with E-state index in [1.54, 1.807) is 0 Å². The van der Waals surface area contributed by atoms with E-state index < -0.39 is 6.10 Å². The second kappa shape index (κ2) is 48.9. The SMILES string of the molecule is CCCCCCCCCCCCCCCCCCCCC(=O)OC[C@H](COC(=O)CCCCCCCCCCCCCCCC(C)C)OC(=O)CCCCCCCCCC(C)C. The maximum Gasteiger partial charge on any atom is 0.306 e. The average Bonchev–Trinajstić information content (AvgIpc) is 3.24. The fourth-order valence-electron chi connectivity index (χ4n) is 8.52. The van der Waals surface area contributed by atoms with Gasteiger partial charge in [0.25, 0.3) is 0 Å². The highest BCUT2D eigenvalue weighted by Crippen LogP contribution is 2.18. The number of ether oxygens (including phenoxy) is 3. The third-order valence-corrected chi connectivity index (χ3v) is 12.7. The number of carbonyl (C=O) groups excluding carboxylic acids is 3. The molecular weight excluding hydrogens is 769 g/mol. The third-order valence-electron chi connectivity index (χ3n) is 12.7. The maximum absolute atomic E-state index is 12.8. The van der Waals surface area contributed by atoms with Crippen LogP contribution in [0.5, 0.6) is 0 Å². The molecule has 0 rings (SSSR count). The zero-order valence-electron chi connectivity index (χ0n) is 42.5. The van der Waals surface area contributed by atoms with Gasteiger partial charge in [0.05, 0.1) is 0 Å². The van der Waals surface area contributed by atoms with Gasteiger partial charge in [0.2, 0.25) is 0 Å². The van der Waals surface area contributed by atoms with Crippen LogP contribution in [0.4, 0.5) is 0 Å². The first-order chi connectivity index (χ1) is 30.2. The highest BCUT2D eigenvalue weighted by Gasteiger charge is 2.19. The van der Waals surface area contributed by atoms with E-state index in [-0.39, 0.29) is 31.1 Å². The van der Waals surface area contributed by atoms with E-state index >= 15 is 0 Å². The Morgan fingerprint density at radius 2 is 0.532 bits per heavy atom. The Kier molecular flexibility index (Phi) is 47.6. The Bertz CT molecular complexity index is 947. The molecular formula is C56H108O6. The summed E-state index contributed by atoms with van der Waals surface area (Å²) in [7, 11) is 0. The first-order valence-corrected chi connectivity index (χ1v) is 27.7. The minimum absolute atomic E-state index is 0.0639. The van der Waals surface area contributed by atoms with Crippen molar-refractivity contribution < 1.29 is 28.6 Å². The second-order valence-corrected chi connectivity index (χ2v) is 20.2. The molecule has 0 radical (unpaired) electrons. The summed E-state index contributed by atoms with van der Waals surface area (Å²) in [6.45, 7) is 11.3. The van der Waals surface area contributed by atoms with Gasteiger partial charge >= 0.3 is 17.9 Å². The normalized spacial score (nSPS) is 12.0. The summed E-state index contributed by atoms with van der Waals surface area (Å²) in [6.07, 6.45) is 51.0. The van der Waals surface area contributed by atoms with Crippen LogP contribution < -0.4 is 0 Å². The van der Waals surface area contributed by atoms with Gasteiger partial charge in [0.15, 0.2) is 6.10 Å². The van der Waals surface area contributed by atoms with Gasteiger partial charge in [0, 0.05) is 19.3 Å². The summed E-state index contributed by atoms with van der Waals surface area (Å²) in [5.74, 6) is 0.771. The maximum atomic E-state index is 12.8. The summed E-state index contributed by atoms with van der Waals surface area (Å²) in [5.41, 5.74) is 0. The van der Waals surface area contributed by atoms with Crippen LogP contribution in [0.1, 0.15) is 311 Å². The van der Waals surface area contributed by atoms with E-state index in [4.69, 9.17) is 14.2 Å². The molecule has 6 heteroatoms. The minimum Gasteiger partial charge on any atom is -0.462 e. The molecule has 0 bridgehead atoms. The zero-order chi connectivity index (χ0) is 45.4. The van der Waals surface area contributed by atoms with Crippen LogP contribution in [0.2, 0.25) is 0 Å². The fourth-order valence-corrected chi connectivity index (χ4v) is 8.52. The van der Waals surface area contributed by atoms with Crippen molar-refractivity contribution in [2.45, 2.75) is 317 Å². The lowest BCUT2D eigenvalue weighted by Crippen LogP contribution is -2.30. The Hall–Kier alpha value is -1.59. The van der Waals surface area contributed by atoms with Gasteiger partial charge in [0.1, 0.15) is 13.2 Å². The van der Waals surface area contributed by atoms with Crippen molar-refractivity contribution in [2.75, 3.05) is 13.2 Å². The summed E-state index contributed by atoms with van der Waals surface area (Å²) in [4.78, 5) is 38.0. The molecule has 0 saturated heterocycles. The van der Waals surface area contributed by atoms with E-state index in [0.29, 0.717) is 19.3 Å². The predicted molar refractivity (Wildman–Crippen MR) is 266 cm³/mol. The highest BCUT2D eigenvalue weighted by atomic mass is 16.6. The van der Waals surface area contributed by atoms with E-state index in [9.17, 15) is 14.4 Å². The average molecular weight is 877 g/mol. The van der Waals surface area contributed by atoms with Crippen LogP contribution in [0.3, 0.4) is 0 Å². The molecule has 0 aliphatic heterocycles. The topological polar surface area (TPSA) is 78.9 Å².